The molecule has 0 aliphatic carbocycles. The summed E-state index contributed by atoms with van der Waals surface area (Å²) in [5.41, 5.74) is 1.65. The second kappa shape index (κ2) is 7.20. The van der Waals surface area contributed by atoms with Crippen molar-refractivity contribution in [3.8, 4) is 5.69 Å². The summed E-state index contributed by atoms with van der Waals surface area (Å²) in [5, 5.41) is 3.06. The van der Waals surface area contributed by atoms with Crippen LogP contribution in [0.1, 0.15) is 24.2 Å². The van der Waals surface area contributed by atoms with E-state index in [1.165, 1.54) is 0 Å². The van der Waals surface area contributed by atoms with Crippen molar-refractivity contribution in [2.75, 3.05) is 32.8 Å². The molecule has 1 saturated heterocycles. The average Bonchev–Trinajstić information content (AvgIpc) is 3.15. The minimum absolute atomic E-state index is 0.0320. The molecule has 24 heavy (non-hydrogen) atoms. The van der Waals surface area contributed by atoms with Gasteiger partial charge in [-0.2, -0.15) is 0 Å². The molecule has 2 heterocycles. The standard InChI is InChI=1S/C19H25N3O2/c1-19(2,22-11-13-24-14-12-22)15-20-18(23)16-5-7-17(8-6-16)21-9-3-4-10-21/h3-10H,11-15H2,1-2H3,(H,20,23). The highest BCUT2D eigenvalue weighted by molar-refractivity contribution is 5.94. The molecule has 2 aromatic rings. The molecule has 1 aromatic heterocycles. The fourth-order valence-corrected chi connectivity index (χ4v) is 2.97. The Bertz CT molecular complexity index is 656. The monoisotopic (exact) mass is 327 g/mol. The van der Waals surface area contributed by atoms with Crippen LogP contribution in [0.3, 0.4) is 0 Å². The lowest BCUT2D eigenvalue weighted by atomic mass is 10.0. The number of nitrogens with one attached hydrogen (secondary N) is 1. The number of nitrogens with zero attached hydrogens (tertiary/aromatic N) is 2. The summed E-state index contributed by atoms with van der Waals surface area (Å²) < 4.78 is 7.42. The Kier molecular flexibility index (Phi) is 5.02. The van der Waals surface area contributed by atoms with Gasteiger partial charge in [-0.25, -0.2) is 0 Å². The van der Waals surface area contributed by atoms with Gasteiger partial charge in [0.25, 0.3) is 5.91 Å². The summed E-state index contributed by atoms with van der Waals surface area (Å²) in [6, 6.07) is 11.6. The number of carbonyl (C=O) groups is 1. The topological polar surface area (TPSA) is 46.5 Å². The molecule has 1 aliphatic rings. The maximum absolute atomic E-state index is 12.4. The van der Waals surface area contributed by atoms with Gasteiger partial charge in [0.05, 0.1) is 13.2 Å². The molecule has 0 saturated carbocycles. The van der Waals surface area contributed by atoms with Gasteiger partial charge in [-0.3, -0.25) is 9.69 Å². The lowest BCUT2D eigenvalue weighted by Crippen LogP contribution is -2.55. The SMILES string of the molecule is CC(C)(CNC(=O)c1ccc(-n2cccc2)cc1)N1CCOCC1. The van der Waals surface area contributed by atoms with Crippen molar-refractivity contribution >= 4 is 5.91 Å². The van der Waals surface area contributed by atoms with Crippen LogP contribution in [-0.4, -0.2) is 53.8 Å². The predicted molar refractivity (Wildman–Crippen MR) is 94.6 cm³/mol. The number of amides is 1. The quantitative estimate of drug-likeness (QED) is 0.917. The minimum atomic E-state index is -0.0788. The summed E-state index contributed by atoms with van der Waals surface area (Å²) >= 11 is 0. The van der Waals surface area contributed by atoms with Gasteiger partial charge < -0.3 is 14.6 Å². The van der Waals surface area contributed by atoms with E-state index < -0.39 is 0 Å². The maximum Gasteiger partial charge on any atom is 0.251 e. The first-order valence-corrected chi connectivity index (χ1v) is 8.41. The smallest absolute Gasteiger partial charge is 0.251 e. The number of carbonyl (C=O) groups excluding carboxylic acids is 1. The molecule has 0 radical (unpaired) electrons. The first-order valence-electron chi connectivity index (χ1n) is 8.41. The van der Waals surface area contributed by atoms with Crippen molar-refractivity contribution in [2.24, 2.45) is 0 Å². The molecule has 0 atom stereocenters. The third kappa shape index (κ3) is 3.86. The van der Waals surface area contributed by atoms with Crippen LogP contribution in [0.2, 0.25) is 0 Å². The molecule has 1 aromatic carbocycles. The van der Waals surface area contributed by atoms with Gasteiger partial charge in [0.15, 0.2) is 0 Å². The van der Waals surface area contributed by atoms with Crippen LogP contribution in [0.15, 0.2) is 48.8 Å². The lowest BCUT2D eigenvalue weighted by molar-refractivity contribution is -0.00923. The average molecular weight is 327 g/mol. The summed E-state index contributed by atoms with van der Waals surface area (Å²) in [5.74, 6) is -0.0320. The van der Waals surface area contributed by atoms with Crippen LogP contribution in [0, 0.1) is 0 Å². The molecular formula is C19H25N3O2. The summed E-state index contributed by atoms with van der Waals surface area (Å²) in [6.07, 6.45) is 3.97. The number of hydrogen-bond donors (Lipinski definition) is 1. The first-order chi connectivity index (χ1) is 11.6. The Hall–Kier alpha value is -2.11. The molecule has 0 unspecified atom stereocenters. The van der Waals surface area contributed by atoms with Crippen molar-refractivity contribution in [1.82, 2.24) is 14.8 Å². The van der Waals surface area contributed by atoms with Crippen LogP contribution < -0.4 is 5.32 Å². The van der Waals surface area contributed by atoms with E-state index in [-0.39, 0.29) is 11.4 Å². The lowest BCUT2D eigenvalue weighted by Gasteiger charge is -2.40. The molecule has 0 spiro atoms. The molecule has 1 amide bonds. The van der Waals surface area contributed by atoms with E-state index >= 15 is 0 Å². The number of hydrogen-bond acceptors (Lipinski definition) is 3. The molecule has 1 fully saturated rings. The fourth-order valence-electron chi connectivity index (χ4n) is 2.97. The van der Waals surface area contributed by atoms with Crippen LogP contribution in [0.25, 0.3) is 5.69 Å². The van der Waals surface area contributed by atoms with Crippen molar-refractivity contribution in [2.45, 2.75) is 19.4 Å². The van der Waals surface area contributed by atoms with Crippen molar-refractivity contribution in [3.63, 3.8) is 0 Å². The van der Waals surface area contributed by atoms with Gasteiger partial charge in [-0.1, -0.05) is 0 Å². The van der Waals surface area contributed by atoms with E-state index in [0.29, 0.717) is 12.1 Å². The number of aromatic nitrogens is 1. The predicted octanol–water partition coefficient (Wildman–Crippen LogP) is 2.32. The van der Waals surface area contributed by atoms with Gasteiger partial charge in [0, 0.05) is 48.8 Å². The van der Waals surface area contributed by atoms with Crippen LogP contribution >= 0.6 is 0 Å². The molecule has 128 valence electrons. The van der Waals surface area contributed by atoms with E-state index in [1.807, 2.05) is 53.4 Å². The van der Waals surface area contributed by atoms with Gasteiger partial charge in [0.1, 0.15) is 0 Å². The summed E-state index contributed by atoms with van der Waals surface area (Å²) in [7, 11) is 0. The molecule has 5 nitrogen and oxygen atoms in total. The molecule has 0 bridgehead atoms. The van der Waals surface area contributed by atoms with E-state index in [4.69, 9.17) is 4.74 Å². The summed E-state index contributed by atoms with van der Waals surface area (Å²) in [6.45, 7) is 8.28. The molecule has 3 rings (SSSR count). The van der Waals surface area contributed by atoms with Crippen LogP contribution in [-0.2, 0) is 4.74 Å². The maximum atomic E-state index is 12.4. The third-order valence-electron chi connectivity index (χ3n) is 4.58. The highest BCUT2D eigenvalue weighted by Crippen LogP contribution is 2.16. The summed E-state index contributed by atoms with van der Waals surface area (Å²) in [4.78, 5) is 14.8. The normalized spacial score (nSPS) is 16.1. The Labute approximate surface area is 143 Å². The van der Waals surface area contributed by atoms with Crippen LogP contribution in [0.4, 0.5) is 0 Å². The van der Waals surface area contributed by atoms with E-state index in [0.717, 1.165) is 32.0 Å². The van der Waals surface area contributed by atoms with Crippen LogP contribution in [0.5, 0.6) is 0 Å². The van der Waals surface area contributed by atoms with Gasteiger partial charge in [0.2, 0.25) is 0 Å². The zero-order valence-electron chi connectivity index (χ0n) is 14.4. The third-order valence-corrected chi connectivity index (χ3v) is 4.58. The number of ether oxygens (including phenoxy) is 1. The Morgan fingerprint density at radius 3 is 2.38 bits per heavy atom. The zero-order valence-corrected chi connectivity index (χ0v) is 14.4. The minimum Gasteiger partial charge on any atom is -0.379 e. The van der Waals surface area contributed by atoms with Crippen molar-refractivity contribution in [1.29, 1.82) is 0 Å². The van der Waals surface area contributed by atoms with Crippen molar-refractivity contribution < 1.29 is 9.53 Å². The molecule has 5 heteroatoms. The zero-order chi connectivity index (χ0) is 17.0. The Morgan fingerprint density at radius 1 is 1.12 bits per heavy atom. The van der Waals surface area contributed by atoms with Crippen molar-refractivity contribution in [3.05, 3.63) is 54.4 Å². The number of rotatable bonds is 5. The van der Waals surface area contributed by atoms with E-state index in [2.05, 4.69) is 24.1 Å². The molecule has 1 N–H and O–H groups in total. The molecule has 1 aliphatic heterocycles. The largest absolute Gasteiger partial charge is 0.379 e. The van der Waals surface area contributed by atoms with Gasteiger partial charge >= 0.3 is 0 Å². The van der Waals surface area contributed by atoms with Gasteiger partial charge in [-0.05, 0) is 50.2 Å². The second-order valence-corrected chi connectivity index (χ2v) is 6.73. The second-order valence-electron chi connectivity index (χ2n) is 6.73. The highest BCUT2D eigenvalue weighted by Gasteiger charge is 2.28. The number of morpholine rings is 1. The van der Waals surface area contributed by atoms with E-state index in [9.17, 15) is 4.79 Å². The number of benzene rings is 1. The Balaban J connectivity index is 1.58. The van der Waals surface area contributed by atoms with E-state index in [1.54, 1.807) is 0 Å². The van der Waals surface area contributed by atoms with Gasteiger partial charge in [-0.15, -0.1) is 0 Å². The molecular weight excluding hydrogens is 302 g/mol. The first kappa shape index (κ1) is 16.7. The fraction of sp³-hybridized carbons (Fsp3) is 0.421. The highest BCUT2D eigenvalue weighted by atomic mass is 16.5. The Morgan fingerprint density at radius 2 is 1.75 bits per heavy atom.